The summed E-state index contributed by atoms with van der Waals surface area (Å²) in [5, 5.41) is 14.0. The maximum Gasteiger partial charge on any atom is 0.387 e. The van der Waals surface area contributed by atoms with Crippen LogP contribution in [0.15, 0.2) is 35.8 Å². The first-order valence-corrected chi connectivity index (χ1v) is 10.2. The molecule has 1 aromatic carbocycles. The lowest BCUT2D eigenvalue weighted by Gasteiger charge is -2.14. The van der Waals surface area contributed by atoms with E-state index in [2.05, 4.69) is 30.6 Å². The lowest BCUT2D eigenvalue weighted by atomic mass is 10.2. The molecule has 0 aliphatic carbocycles. The van der Waals surface area contributed by atoms with E-state index in [-0.39, 0.29) is 36.3 Å². The van der Waals surface area contributed by atoms with E-state index in [1.165, 1.54) is 6.07 Å². The third-order valence-corrected chi connectivity index (χ3v) is 4.08. The number of unbranched alkanes of at least 4 members (excludes halogenated alkanes) is 1. The van der Waals surface area contributed by atoms with Crippen LogP contribution in [0.2, 0.25) is 0 Å². The van der Waals surface area contributed by atoms with Crippen molar-refractivity contribution in [1.82, 2.24) is 25.4 Å². The molecular weight excluding hydrogens is 521 g/mol. The summed E-state index contributed by atoms with van der Waals surface area (Å²) < 4.78 is 37.7. The lowest BCUT2D eigenvalue weighted by molar-refractivity contribution is -0.0505. The molecule has 0 aliphatic rings. The van der Waals surface area contributed by atoms with Crippen LogP contribution in [0.1, 0.15) is 38.7 Å². The number of ether oxygens (including phenoxy) is 2. The number of aromatic nitrogens is 3. The van der Waals surface area contributed by atoms with Crippen molar-refractivity contribution < 1.29 is 18.3 Å². The molecule has 0 aliphatic heterocycles. The molecule has 2 aromatic rings. The van der Waals surface area contributed by atoms with Gasteiger partial charge in [-0.1, -0.05) is 6.92 Å². The topological polar surface area (TPSA) is 85.6 Å². The zero-order chi connectivity index (χ0) is 21.6. The number of nitrogens with one attached hydrogen (secondary N) is 2. The van der Waals surface area contributed by atoms with Gasteiger partial charge in [-0.25, -0.2) is 4.99 Å². The Morgan fingerprint density at radius 3 is 2.61 bits per heavy atom. The van der Waals surface area contributed by atoms with Gasteiger partial charge in [-0.05, 0) is 38.3 Å². The summed E-state index contributed by atoms with van der Waals surface area (Å²) in [6, 6.07) is 4.93. The van der Waals surface area contributed by atoms with E-state index in [9.17, 15) is 8.78 Å². The van der Waals surface area contributed by atoms with Crippen LogP contribution in [0.4, 0.5) is 8.78 Å². The molecule has 2 N–H and O–H groups in total. The highest BCUT2D eigenvalue weighted by atomic mass is 127. The maximum atomic E-state index is 12.8. The lowest BCUT2D eigenvalue weighted by Crippen LogP contribution is -2.37. The highest BCUT2D eigenvalue weighted by molar-refractivity contribution is 14.0. The van der Waals surface area contributed by atoms with Gasteiger partial charge in [0.25, 0.3) is 0 Å². The summed E-state index contributed by atoms with van der Waals surface area (Å²) >= 11 is 0. The Balaban J connectivity index is 0.00000480. The molecule has 1 heterocycles. The monoisotopic (exact) mass is 552 g/mol. The fourth-order valence-corrected chi connectivity index (χ4v) is 2.65. The molecule has 2 rings (SSSR count). The smallest absolute Gasteiger partial charge is 0.387 e. The highest BCUT2D eigenvalue weighted by Gasteiger charge is 2.12. The van der Waals surface area contributed by atoms with Crippen molar-refractivity contribution in [3.05, 3.63) is 36.4 Å². The predicted molar refractivity (Wildman–Crippen MR) is 126 cm³/mol. The second-order valence-corrected chi connectivity index (χ2v) is 6.53. The van der Waals surface area contributed by atoms with Crippen molar-refractivity contribution in [2.24, 2.45) is 4.99 Å². The van der Waals surface area contributed by atoms with Crippen molar-refractivity contribution >= 4 is 29.9 Å². The first-order valence-electron chi connectivity index (χ1n) is 10.2. The van der Waals surface area contributed by atoms with E-state index in [0.29, 0.717) is 30.4 Å². The molecule has 0 unspecified atom stereocenters. The van der Waals surface area contributed by atoms with Crippen molar-refractivity contribution in [1.29, 1.82) is 0 Å². The van der Waals surface area contributed by atoms with Gasteiger partial charge < -0.3 is 24.7 Å². The second-order valence-electron chi connectivity index (χ2n) is 6.53. The molecule has 8 nitrogen and oxygen atoms in total. The number of guanidine groups is 1. The quantitative estimate of drug-likeness (QED) is 0.170. The van der Waals surface area contributed by atoms with E-state index in [1.807, 2.05) is 18.4 Å². The molecule has 0 spiro atoms. The maximum absolute atomic E-state index is 12.8. The standard InChI is InChI=1S/C20H30F2N6O2.HI/c1-3-11-29-17-8-7-16(18(12-17)30-19(21)22)13-25-20(23-4-2)24-9-5-6-10-28-14-26-27-15-28;/h7-8,12,14-15,19H,3-6,9-11,13H2,1-2H3,(H2,23,24,25);1H. The van der Waals surface area contributed by atoms with Crippen LogP contribution in [0, 0.1) is 0 Å². The fraction of sp³-hybridized carbons (Fsp3) is 0.550. The van der Waals surface area contributed by atoms with Gasteiger partial charge in [0.05, 0.1) is 13.2 Å². The minimum absolute atomic E-state index is 0. The molecular formula is C20H31F2IN6O2. The molecule has 31 heavy (non-hydrogen) atoms. The Labute approximate surface area is 198 Å². The first-order chi connectivity index (χ1) is 14.6. The molecule has 0 radical (unpaired) electrons. The summed E-state index contributed by atoms with van der Waals surface area (Å²) in [5.74, 6) is 1.20. The van der Waals surface area contributed by atoms with Crippen LogP contribution >= 0.6 is 24.0 Å². The Bertz CT molecular complexity index is 762. The molecule has 0 saturated heterocycles. The van der Waals surface area contributed by atoms with Gasteiger partial charge in [0.1, 0.15) is 24.2 Å². The first kappa shape index (κ1) is 26.9. The van der Waals surface area contributed by atoms with Gasteiger partial charge in [-0.15, -0.1) is 34.2 Å². The van der Waals surface area contributed by atoms with Gasteiger partial charge >= 0.3 is 6.61 Å². The van der Waals surface area contributed by atoms with Gasteiger partial charge in [0, 0.05) is 31.3 Å². The van der Waals surface area contributed by atoms with E-state index in [4.69, 9.17) is 4.74 Å². The largest absolute Gasteiger partial charge is 0.493 e. The molecule has 0 fully saturated rings. The van der Waals surface area contributed by atoms with Gasteiger partial charge in [-0.3, -0.25) is 0 Å². The molecule has 0 bridgehead atoms. The average Bonchev–Trinajstić information content (AvgIpc) is 3.24. The third-order valence-electron chi connectivity index (χ3n) is 4.08. The van der Waals surface area contributed by atoms with Gasteiger partial charge in [0.2, 0.25) is 0 Å². The Morgan fingerprint density at radius 2 is 1.94 bits per heavy atom. The minimum Gasteiger partial charge on any atom is -0.493 e. The predicted octanol–water partition coefficient (Wildman–Crippen LogP) is 3.82. The van der Waals surface area contributed by atoms with E-state index >= 15 is 0 Å². The highest BCUT2D eigenvalue weighted by Crippen LogP contribution is 2.27. The van der Waals surface area contributed by atoms with E-state index in [0.717, 1.165) is 32.4 Å². The molecule has 0 amide bonds. The van der Waals surface area contributed by atoms with Crippen LogP contribution in [0.25, 0.3) is 0 Å². The number of halogens is 3. The second kappa shape index (κ2) is 15.6. The Morgan fingerprint density at radius 1 is 1.16 bits per heavy atom. The fourth-order valence-electron chi connectivity index (χ4n) is 2.65. The summed E-state index contributed by atoms with van der Waals surface area (Å²) in [5.41, 5.74) is 0.559. The normalized spacial score (nSPS) is 11.2. The number of benzene rings is 1. The van der Waals surface area contributed by atoms with Crippen molar-refractivity contribution in [2.45, 2.75) is 52.8 Å². The van der Waals surface area contributed by atoms with E-state index < -0.39 is 6.61 Å². The van der Waals surface area contributed by atoms with Crippen LogP contribution in [-0.2, 0) is 13.1 Å². The number of aliphatic imine (C=N–C) groups is 1. The SMILES string of the molecule is CCCOc1ccc(CN=C(NCC)NCCCCn2cnnc2)c(OC(F)F)c1.I. The zero-order valence-electron chi connectivity index (χ0n) is 17.9. The number of hydrogen-bond donors (Lipinski definition) is 2. The van der Waals surface area contributed by atoms with Gasteiger partial charge in [-0.2, -0.15) is 8.78 Å². The number of hydrogen-bond acceptors (Lipinski definition) is 5. The molecule has 11 heteroatoms. The number of aryl methyl sites for hydroxylation is 1. The molecule has 0 saturated carbocycles. The molecule has 0 atom stereocenters. The minimum atomic E-state index is -2.91. The van der Waals surface area contributed by atoms with E-state index in [1.54, 1.807) is 24.8 Å². The van der Waals surface area contributed by atoms with Crippen LogP contribution in [0.5, 0.6) is 11.5 Å². The average molecular weight is 552 g/mol. The van der Waals surface area contributed by atoms with Crippen LogP contribution < -0.4 is 20.1 Å². The summed E-state index contributed by atoms with van der Waals surface area (Å²) in [4.78, 5) is 4.49. The summed E-state index contributed by atoms with van der Waals surface area (Å²) in [6.45, 7) is 4.02. The number of nitrogens with zero attached hydrogens (tertiary/aromatic N) is 4. The molecule has 174 valence electrons. The zero-order valence-corrected chi connectivity index (χ0v) is 20.2. The summed E-state index contributed by atoms with van der Waals surface area (Å²) in [7, 11) is 0. The third kappa shape index (κ3) is 10.6. The Kier molecular flexibility index (Phi) is 13.5. The number of alkyl halides is 2. The van der Waals surface area contributed by atoms with Gasteiger partial charge in [0.15, 0.2) is 5.96 Å². The van der Waals surface area contributed by atoms with Crippen molar-refractivity contribution in [3.8, 4) is 11.5 Å². The molecule has 1 aromatic heterocycles. The van der Waals surface area contributed by atoms with Crippen LogP contribution in [-0.4, -0.2) is 47.0 Å². The van der Waals surface area contributed by atoms with Crippen molar-refractivity contribution in [2.75, 3.05) is 19.7 Å². The van der Waals surface area contributed by atoms with Crippen LogP contribution in [0.3, 0.4) is 0 Å². The number of rotatable bonds is 13. The Hall–Kier alpha value is -2.18. The summed E-state index contributed by atoms with van der Waals surface area (Å²) in [6.07, 6.45) is 6.11. The van der Waals surface area contributed by atoms with Crippen molar-refractivity contribution in [3.63, 3.8) is 0 Å².